The number of thiazole rings is 1. The molecule has 112 valence electrons. The molecule has 2 aromatic carbocycles. The van der Waals surface area contributed by atoms with Crippen LogP contribution >= 0.6 is 22.9 Å². The third-order valence-electron chi connectivity index (χ3n) is 2.94. The summed E-state index contributed by atoms with van der Waals surface area (Å²) < 4.78 is 6.14. The molecule has 1 aromatic heterocycles. The van der Waals surface area contributed by atoms with Gasteiger partial charge in [0.15, 0.2) is 11.5 Å². The van der Waals surface area contributed by atoms with Crippen LogP contribution in [0.4, 0.5) is 5.13 Å². The van der Waals surface area contributed by atoms with Crippen LogP contribution in [-0.4, -0.2) is 23.4 Å². The summed E-state index contributed by atoms with van der Waals surface area (Å²) in [4.78, 5) is 4.41. The van der Waals surface area contributed by atoms with Crippen molar-refractivity contribution in [1.29, 1.82) is 0 Å². The fraction of sp³-hybridized carbons (Fsp3) is 0.0667. The minimum absolute atomic E-state index is 0.0829. The van der Waals surface area contributed by atoms with Crippen LogP contribution in [0.5, 0.6) is 11.5 Å². The fourth-order valence-electron chi connectivity index (χ4n) is 1.91. The van der Waals surface area contributed by atoms with Gasteiger partial charge in [-0.1, -0.05) is 35.1 Å². The molecule has 5 nitrogen and oxygen atoms in total. The fourth-order valence-corrected chi connectivity index (χ4v) is 2.94. The molecule has 0 saturated carbocycles. The van der Waals surface area contributed by atoms with E-state index < -0.39 is 0 Å². The Kier molecular flexibility index (Phi) is 4.13. The van der Waals surface area contributed by atoms with E-state index in [4.69, 9.17) is 16.3 Å². The van der Waals surface area contributed by atoms with Gasteiger partial charge < -0.3 is 9.84 Å². The van der Waals surface area contributed by atoms with Gasteiger partial charge in [0.25, 0.3) is 0 Å². The highest BCUT2D eigenvalue weighted by Crippen LogP contribution is 2.34. The van der Waals surface area contributed by atoms with Crippen LogP contribution in [-0.2, 0) is 0 Å². The molecule has 0 aliphatic rings. The van der Waals surface area contributed by atoms with Crippen LogP contribution in [0, 0.1) is 0 Å². The van der Waals surface area contributed by atoms with Gasteiger partial charge in [-0.2, -0.15) is 5.10 Å². The summed E-state index contributed by atoms with van der Waals surface area (Å²) in [6.45, 7) is 0. The van der Waals surface area contributed by atoms with Crippen LogP contribution in [0.15, 0.2) is 41.5 Å². The number of hydrogen-bond acceptors (Lipinski definition) is 6. The lowest BCUT2D eigenvalue weighted by Crippen LogP contribution is -1.92. The number of hydrogen-bond donors (Lipinski definition) is 2. The van der Waals surface area contributed by atoms with Crippen molar-refractivity contribution in [2.24, 2.45) is 5.10 Å². The van der Waals surface area contributed by atoms with Crippen LogP contribution in [0.3, 0.4) is 0 Å². The molecule has 1 heterocycles. The van der Waals surface area contributed by atoms with Crippen molar-refractivity contribution in [3.8, 4) is 11.5 Å². The number of methoxy groups -OCH3 is 1. The van der Waals surface area contributed by atoms with Gasteiger partial charge in [-0.15, -0.1) is 0 Å². The highest BCUT2D eigenvalue weighted by atomic mass is 35.5. The topological polar surface area (TPSA) is 66.7 Å². The molecule has 7 heteroatoms. The Morgan fingerprint density at radius 3 is 2.95 bits per heavy atom. The average Bonchev–Trinajstić information content (AvgIpc) is 2.93. The Bertz CT molecular complexity index is 815. The highest BCUT2D eigenvalue weighted by Gasteiger charge is 2.08. The molecular weight excluding hydrogens is 322 g/mol. The van der Waals surface area contributed by atoms with E-state index in [0.29, 0.717) is 16.4 Å². The molecule has 0 amide bonds. The average molecular weight is 334 g/mol. The summed E-state index contributed by atoms with van der Waals surface area (Å²) in [7, 11) is 1.46. The predicted octanol–water partition coefficient (Wildman–Crippen LogP) is 4.11. The predicted molar refractivity (Wildman–Crippen MR) is 90.5 cm³/mol. The number of nitrogens with zero attached hydrogens (tertiary/aromatic N) is 2. The van der Waals surface area contributed by atoms with Crippen molar-refractivity contribution in [3.05, 3.63) is 47.0 Å². The lowest BCUT2D eigenvalue weighted by molar-refractivity contribution is 0.373. The van der Waals surface area contributed by atoms with E-state index in [9.17, 15) is 5.11 Å². The van der Waals surface area contributed by atoms with Crippen molar-refractivity contribution in [2.45, 2.75) is 0 Å². The minimum Gasteiger partial charge on any atom is -0.503 e. The first kappa shape index (κ1) is 14.6. The van der Waals surface area contributed by atoms with Gasteiger partial charge >= 0.3 is 0 Å². The van der Waals surface area contributed by atoms with Gasteiger partial charge in [-0.25, -0.2) is 4.98 Å². The van der Waals surface area contributed by atoms with E-state index in [1.807, 2.05) is 24.3 Å². The normalized spacial score (nSPS) is 11.2. The SMILES string of the molecule is COc1cc(/C=N\Nc2nc3ccccc3s2)cc(Cl)c1O. The largest absolute Gasteiger partial charge is 0.503 e. The number of aromatic hydroxyl groups is 1. The molecule has 0 fully saturated rings. The van der Waals surface area contributed by atoms with E-state index in [1.54, 1.807) is 18.3 Å². The molecule has 2 N–H and O–H groups in total. The van der Waals surface area contributed by atoms with E-state index in [1.165, 1.54) is 18.4 Å². The highest BCUT2D eigenvalue weighted by molar-refractivity contribution is 7.22. The summed E-state index contributed by atoms with van der Waals surface area (Å²) in [6.07, 6.45) is 1.58. The summed E-state index contributed by atoms with van der Waals surface area (Å²) in [5.41, 5.74) is 4.52. The van der Waals surface area contributed by atoms with Crippen LogP contribution in [0.25, 0.3) is 10.2 Å². The van der Waals surface area contributed by atoms with Gasteiger partial charge in [0.1, 0.15) is 0 Å². The smallest absolute Gasteiger partial charge is 0.204 e. The quantitative estimate of drug-likeness (QED) is 0.557. The third-order valence-corrected chi connectivity index (χ3v) is 4.17. The summed E-state index contributed by atoms with van der Waals surface area (Å²) in [5.74, 6) is 0.217. The van der Waals surface area contributed by atoms with Gasteiger partial charge in [0, 0.05) is 0 Å². The molecular formula is C15H12ClN3O2S. The number of rotatable bonds is 4. The zero-order valence-corrected chi connectivity index (χ0v) is 13.1. The number of fused-ring (bicyclic) bond motifs is 1. The van der Waals surface area contributed by atoms with E-state index >= 15 is 0 Å². The van der Waals surface area contributed by atoms with Crippen molar-refractivity contribution in [3.63, 3.8) is 0 Å². The number of halogens is 1. The Hall–Kier alpha value is -2.31. The van der Waals surface area contributed by atoms with Crippen LogP contribution in [0.1, 0.15) is 5.56 Å². The van der Waals surface area contributed by atoms with Crippen molar-refractivity contribution < 1.29 is 9.84 Å². The number of hydrazone groups is 1. The molecule has 0 unspecified atom stereocenters. The van der Waals surface area contributed by atoms with Crippen LogP contribution < -0.4 is 10.2 Å². The minimum atomic E-state index is -0.0829. The molecule has 0 atom stereocenters. The first-order chi connectivity index (χ1) is 10.7. The number of aromatic nitrogens is 1. The molecule has 0 spiro atoms. The van der Waals surface area contributed by atoms with E-state index in [0.717, 1.165) is 10.2 Å². The molecule has 3 rings (SSSR count). The van der Waals surface area contributed by atoms with Crippen molar-refractivity contribution in [2.75, 3.05) is 12.5 Å². The Balaban J connectivity index is 1.78. The lowest BCUT2D eigenvalue weighted by Gasteiger charge is -2.05. The van der Waals surface area contributed by atoms with E-state index in [2.05, 4.69) is 15.5 Å². The summed E-state index contributed by atoms with van der Waals surface area (Å²) >= 11 is 7.44. The summed E-state index contributed by atoms with van der Waals surface area (Å²) in [6, 6.07) is 11.1. The first-order valence-corrected chi connectivity index (χ1v) is 7.58. The van der Waals surface area contributed by atoms with Gasteiger partial charge in [0.2, 0.25) is 5.13 Å². The Morgan fingerprint density at radius 2 is 2.18 bits per heavy atom. The van der Waals surface area contributed by atoms with Gasteiger partial charge in [-0.05, 0) is 29.8 Å². The summed E-state index contributed by atoms with van der Waals surface area (Å²) in [5, 5.41) is 14.7. The molecule has 0 saturated heterocycles. The molecule has 0 aliphatic carbocycles. The third kappa shape index (κ3) is 2.98. The number of nitrogens with one attached hydrogen (secondary N) is 1. The maximum absolute atomic E-state index is 9.68. The van der Waals surface area contributed by atoms with E-state index in [-0.39, 0.29) is 10.8 Å². The zero-order valence-electron chi connectivity index (χ0n) is 11.6. The number of phenols is 1. The number of para-hydroxylation sites is 1. The first-order valence-electron chi connectivity index (χ1n) is 6.38. The molecule has 3 aromatic rings. The number of phenolic OH excluding ortho intramolecular Hbond substituents is 1. The second-order valence-corrected chi connectivity index (χ2v) is 5.85. The van der Waals surface area contributed by atoms with Crippen LogP contribution in [0.2, 0.25) is 5.02 Å². The Labute approximate surface area is 135 Å². The molecule has 0 bridgehead atoms. The number of anilines is 1. The molecule has 22 heavy (non-hydrogen) atoms. The second kappa shape index (κ2) is 6.21. The van der Waals surface area contributed by atoms with Gasteiger partial charge in [-0.3, -0.25) is 5.43 Å². The zero-order chi connectivity index (χ0) is 15.5. The maximum atomic E-state index is 9.68. The van der Waals surface area contributed by atoms with Gasteiger partial charge in [0.05, 0.1) is 28.6 Å². The molecule has 0 aliphatic heterocycles. The van der Waals surface area contributed by atoms with Crippen molar-refractivity contribution >= 4 is 44.5 Å². The number of ether oxygens (including phenoxy) is 1. The molecule has 0 radical (unpaired) electrons. The number of benzene rings is 2. The lowest BCUT2D eigenvalue weighted by atomic mass is 10.2. The Morgan fingerprint density at radius 1 is 1.36 bits per heavy atom. The second-order valence-electron chi connectivity index (χ2n) is 4.41. The maximum Gasteiger partial charge on any atom is 0.204 e. The van der Waals surface area contributed by atoms with Crippen molar-refractivity contribution in [1.82, 2.24) is 4.98 Å². The monoisotopic (exact) mass is 333 g/mol. The standard InChI is InChI=1S/C15H12ClN3O2S/c1-21-12-7-9(6-10(16)14(12)20)8-17-19-15-18-11-4-2-3-5-13(11)22-15/h2-8,20H,1H3,(H,18,19)/b17-8-.